The Kier molecular flexibility index (Phi) is 6.03. The van der Waals surface area contributed by atoms with Gasteiger partial charge in [-0.3, -0.25) is 14.2 Å². The van der Waals surface area contributed by atoms with Crippen LogP contribution in [0.3, 0.4) is 0 Å². The number of benzene rings is 3. The molecule has 0 saturated heterocycles. The lowest BCUT2D eigenvalue weighted by atomic mass is 9.94. The normalized spacial score (nSPS) is 11.1. The van der Waals surface area contributed by atoms with E-state index in [1.807, 2.05) is 54.6 Å². The molecule has 1 heterocycles. The molecule has 0 spiro atoms. The van der Waals surface area contributed by atoms with Gasteiger partial charge in [-0.05, 0) is 40.3 Å². The fourth-order valence-corrected chi connectivity index (χ4v) is 4.11. The predicted molar refractivity (Wildman–Crippen MR) is 125 cm³/mol. The molecule has 0 atom stereocenters. The molecule has 31 heavy (non-hydrogen) atoms. The maximum Gasteiger partial charge on any atom is 0.259 e. The van der Waals surface area contributed by atoms with E-state index in [0.717, 1.165) is 16.7 Å². The molecular formula is C26H22ClNO3. The Labute approximate surface area is 185 Å². The molecule has 0 saturated carbocycles. The summed E-state index contributed by atoms with van der Waals surface area (Å²) in [5, 5.41) is 11.2. The quantitative estimate of drug-likeness (QED) is 0.412. The van der Waals surface area contributed by atoms with Crippen LogP contribution >= 0.6 is 11.6 Å². The van der Waals surface area contributed by atoms with E-state index in [0.29, 0.717) is 27.1 Å². The van der Waals surface area contributed by atoms with E-state index in [2.05, 4.69) is 0 Å². The van der Waals surface area contributed by atoms with Crippen molar-refractivity contribution in [3.05, 3.63) is 105 Å². The van der Waals surface area contributed by atoms with Crippen molar-refractivity contribution < 1.29 is 9.90 Å². The Morgan fingerprint density at radius 2 is 1.68 bits per heavy atom. The van der Waals surface area contributed by atoms with Gasteiger partial charge in [-0.2, -0.15) is 0 Å². The Bertz CT molecular complexity index is 1330. The molecule has 156 valence electrons. The highest BCUT2D eigenvalue weighted by Gasteiger charge is 2.22. The molecule has 4 nitrogen and oxygen atoms in total. The van der Waals surface area contributed by atoms with Gasteiger partial charge in [0.2, 0.25) is 0 Å². The number of carbonyl (C=O) groups excluding carboxylic acids is 1. The van der Waals surface area contributed by atoms with Crippen LogP contribution in [-0.4, -0.2) is 15.5 Å². The molecule has 0 aliphatic heterocycles. The third-order valence-corrected chi connectivity index (χ3v) is 5.63. The summed E-state index contributed by atoms with van der Waals surface area (Å²) in [5.74, 6) is -0.115. The molecule has 1 N–H and O–H groups in total. The SMILES string of the molecule is CCC(=O)c1c(-c2ccccc2)c2cc(Cl)ccc2c(=O)n1Cc1cccc(CO)c1. The molecule has 4 rings (SSSR count). The van der Waals surface area contributed by atoms with Crippen LogP contribution in [0.2, 0.25) is 5.02 Å². The van der Waals surface area contributed by atoms with Gasteiger partial charge < -0.3 is 5.11 Å². The lowest BCUT2D eigenvalue weighted by molar-refractivity contribution is 0.0979. The number of nitrogens with zero attached hydrogens (tertiary/aromatic N) is 1. The molecule has 0 radical (unpaired) electrons. The van der Waals surface area contributed by atoms with Crippen molar-refractivity contribution in [3.63, 3.8) is 0 Å². The molecule has 0 aliphatic rings. The van der Waals surface area contributed by atoms with Gasteiger partial charge >= 0.3 is 0 Å². The smallest absolute Gasteiger partial charge is 0.259 e. The first kappa shape index (κ1) is 21.0. The Balaban J connectivity index is 2.10. The van der Waals surface area contributed by atoms with Gasteiger partial charge in [0.05, 0.1) is 18.8 Å². The van der Waals surface area contributed by atoms with Crippen LogP contribution in [0.15, 0.2) is 77.6 Å². The number of hydrogen-bond acceptors (Lipinski definition) is 3. The molecule has 0 fully saturated rings. The standard InChI is InChI=1S/C26H22ClNO3/c1-2-23(30)25-24(19-9-4-3-5-10-19)22-14-20(27)11-12-21(22)26(31)28(25)15-17-7-6-8-18(13-17)16-29/h3-14,29H,2,15-16H2,1H3. The molecule has 5 heteroatoms. The summed E-state index contributed by atoms with van der Waals surface area (Å²) >= 11 is 6.28. The van der Waals surface area contributed by atoms with E-state index in [-0.39, 0.29) is 30.9 Å². The first-order valence-electron chi connectivity index (χ1n) is 10.2. The van der Waals surface area contributed by atoms with Gasteiger partial charge in [-0.25, -0.2) is 0 Å². The van der Waals surface area contributed by atoms with Crippen molar-refractivity contribution in [2.24, 2.45) is 0 Å². The topological polar surface area (TPSA) is 59.3 Å². The fraction of sp³-hybridized carbons (Fsp3) is 0.154. The number of Topliss-reactive ketones (excluding diaryl/α,β-unsaturated/α-hetero) is 1. The summed E-state index contributed by atoms with van der Waals surface area (Å²) < 4.78 is 1.56. The van der Waals surface area contributed by atoms with Crippen LogP contribution in [0, 0.1) is 0 Å². The van der Waals surface area contributed by atoms with E-state index in [1.165, 1.54) is 0 Å². The van der Waals surface area contributed by atoms with E-state index in [9.17, 15) is 14.7 Å². The van der Waals surface area contributed by atoms with E-state index >= 15 is 0 Å². The van der Waals surface area contributed by atoms with Gasteiger partial charge in [0.1, 0.15) is 0 Å². The molecule has 1 aromatic heterocycles. The summed E-state index contributed by atoms with van der Waals surface area (Å²) in [6.07, 6.45) is 0.266. The van der Waals surface area contributed by atoms with Crippen LogP contribution in [0.4, 0.5) is 0 Å². The fourth-order valence-electron chi connectivity index (χ4n) is 3.93. The summed E-state index contributed by atoms with van der Waals surface area (Å²) in [4.78, 5) is 26.7. The van der Waals surface area contributed by atoms with Gasteiger partial charge in [-0.15, -0.1) is 0 Å². The number of hydrogen-bond donors (Lipinski definition) is 1. The number of aromatic nitrogens is 1. The Morgan fingerprint density at radius 1 is 0.935 bits per heavy atom. The van der Waals surface area contributed by atoms with Gasteiger partial charge in [0.15, 0.2) is 5.78 Å². The number of carbonyl (C=O) groups is 1. The minimum absolute atomic E-state index is 0.0883. The van der Waals surface area contributed by atoms with Gasteiger partial charge in [-0.1, -0.05) is 73.1 Å². The zero-order chi connectivity index (χ0) is 22.0. The molecule has 3 aromatic carbocycles. The number of ketones is 1. The zero-order valence-corrected chi connectivity index (χ0v) is 17.9. The number of fused-ring (bicyclic) bond motifs is 1. The second-order valence-corrected chi connectivity index (χ2v) is 7.86. The second-order valence-electron chi connectivity index (χ2n) is 7.43. The first-order chi connectivity index (χ1) is 15.0. The molecule has 0 amide bonds. The molecule has 4 aromatic rings. The van der Waals surface area contributed by atoms with Crippen molar-refractivity contribution in [1.29, 1.82) is 0 Å². The third kappa shape index (κ3) is 4.05. The van der Waals surface area contributed by atoms with Crippen LogP contribution < -0.4 is 5.56 Å². The highest BCUT2D eigenvalue weighted by atomic mass is 35.5. The van der Waals surface area contributed by atoms with E-state index in [1.54, 1.807) is 29.7 Å². The van der Waals surface area contributed by atoms with Crippen molar-refractivity contribution in [2.45, 2.75) is 26.5 Å². The van der Waals surface area contributed by atoms with E-state index < -0.39 is 0 Å². The van der Waals surface area contributed by atoms with Crippen LogP contribution in [0.25, 0.3) is 21.9 Å². The van der Waals surface area contributed by atoms with Crippen LogP contribution in [0.1, 0.15) is 35.0 Å². The molecule has 0 aliphatic carbocycles. The summed E-state index contributed by atoms with van der Waals surface area (Å²) in [6.45, 7) is 1.93. The van der Waals surface area contributed by atoms with Crippen molar-refractivity contribution in [1.82, 2.24) is 4.57 Å². The minimum Gasteiger partial charge on any atom is -0.392 e. The first-order valence-corrected chi connectivity index (χ1v) is 10.5. The largest absolute Gasteiger partial charge is 0.392 e. The number of halogens is 1. The minimum atomic E-state index is -0.238. The highest BCUT2D eigenvalue weighted by Crippen LogP contribution is 2.33. The van der Waals surface area contributed by atoms with Crippen molar-refractivity contribution in [3.8, 4) is 11.1 Å². The molecule has 0 unspecified atom stereocenters. The lowest BCUT2D eigenvalue weighted by Crippen LogP contribution is -2.28. The van der Waals surface area contributed by atoms with E-state index in [4.69, 9.17) is 11.6 Å². The van der Waals surface area contributed by atoms with Gasteiger partial charge in [0.25, 0.3) is 5.56 Å². The zero-order valence-electron chi connectivity index (χ0n) is 17.1. The Morgan fingerprint density at radius 3 is 2.39 bits per heavy atom. The Hall–Kier alpha value is -3.21. The average molecular weight is 432 g/mol. The number of rotatable bonds is 6. The maximum atomic E-state index is 13.5. The van der Waals surface area contributed by atoms with Crippen molar-refractivity contribution >= 4 is 28.2 Å². The summed E-state index contributed by atoms with van der Waals surface area (Å²) in [6, 6.07) is 22.2. The lowest BCUT2D eigenvalue weighted by Gasteiger charge is -2.19. The number of aliphatic hydroxyl groups excluding tert-OH is 1. The van der Waals surface area contributed by atoms with Crippen LogP contribution in [0.5, 0.6) is 0 Å². The monoisotopic (exact) mass is 431 g/mol. The average Bonchev–Trinajstić information content (AvgIpc) is 2.80. The van der Waals surface area contributed by atoms with Crippen molar-refractivity contribution in [2.75, 3.05) is 0 Å². The predicted octanol–water partition coefficient (Wildman–Crippen LogP) is 5.46. The second kappa shape index (κ2) is 8.88. The number of aliphatic hydroxyl groups is 1. The maximum absolute atomic E-state index is 13.5. The molecular weight excluding hydrogens is 410 g/mol. The number of pyridine rings is 1. The highest BCUT2D eigenvalue weighted by molar-refractivity contribution is 6.31. The third-order valence-electron chi connectivity index (χ3n) is 5.40. The summed E-state index contributed by atoms with van der Waals surface area (Å²) in [7, 11) is 0. The van der Waals surface area contributed by atoms with Gasteiger partial charge in [0, 0.05) is 22.4 Å². The molecule has 0 bridgehead atoms. The summed E-state index contributed by atoms with van der Waals surface area (Å²) in [5.41, 5.74) is 3.30. The van der Waals surface area contributed by atoms with Crippen LogP contribution in [-0.2, 0) is 13.2 Å².